The molecule has 15 heavy (non-hydrogen) atoms. The number of hydrogen-bond acceptors (Lipinski definition) is 2. The molecule has 0 spiro atoms. The van der Waals surface area contributed by atoms with Gasteiger partial charge in [0.05, 0.1) is 5.66 Å². The van der Waals surface area contributed by atoms with E-state index in [2.05, 4.69) is 24.5 Å². The summed E-state index contributed by atoms with van der Waals surface area (Å²) in [5, 5.41) is 7.62. The van der Waals surface area contributed by atoms with Gasteiger partial charge in [-0.25, -0.2) is 0 Å². The SMILES string of the molecule is CC1(C)NC2CCCC3CCCC(N1)C32. The van der Waals surface area contributed by atoms with E-state index in [1.54, 1.807) is 0 Å². The zero-order valence-electron chi connectivity index (χ0n) is 10.1. The molecule has 2 nitrogen and oxygen atoms in total. The van der Waals surface area contributed by atoms with Crippen molar-refractivity contribution in [3.8, 4) is 0 Å². The number of hydrogen-bond donors (Lipinski definition) is 2. The molecule has 2 heteroatoms. The van der Waals surface area contributed by atoms with E-state index in [1.165, 1.54) is 38.5 Å². The third-order valence-corrected chi connectivity index (χ3v) is 4.75. The second-order valence-corrected chi connectivity index (χ2v) is 6.33. The quantitative estimate of drug-likeness (QED) is 0.638. The Bertz CT molecular complexity index is 227. The van der Waals surface area contributed by atoms with Gasteiger partial charge in [-0.15, -0.1) is 0 Å². The Morgan fingerprint density at radius 2 is 1.40 bits per heavy atom. The molecule has 3 fully saturated rings. The molecule has 0 bridgehead atoms. The maximum absolute atomic E-state index is 3.81. The monoisotopic (exact) mass is 208 g/mol. The topological polar surface area (TPSA) is 24.1 Å². The molecule has 1 saturated heterocycles. The van der Waals surface area contributed by atoms with Gasteiger partial charge in [-0.05, 0) is 38.5 Å². The molecule has 0 radical (unpaired) electrons. The average Bonchev–Trinajstić information content (AvgIpc) is 2.16. The normalized spacial score (nSPS) is 48.4. The zero-order valence-corrected chi connectivity index (χ0v) is 10.1. The Kier molecular flexibility index (Phi) is 2.33. The predicted molar refractivity (Wildman–Crippen MR) is 62.6 cm³/mol. The molecule has 3 rings (SSSR count). The van der Waals surface area contributed by atoms with E-state index in [0.29, 0.717) is 0 Å². The van der Waals surface area contributed by atoms with Crippen LogP contribution in [0, 0.1) is 11.8 Å². The van der Waals surface area contributed by atoms with Crippen molar-refractivity contribution in [2.75, 3.05) is 0 Å². The van der Waals surface area contributed by atoms with Crippen LogP contribution in [0.4, 0.5) is 0 Å². The van der Waals surface area contributed by atoms with Crippen molar-refractivity contribution < 1.29 is 0 Å². The van der Waals surface area contributed by atoms with Crippen LogP contribution in [0.5, 0.6) is 0 Å². The molecule has 3 aliphatic rings. The van der Waals surface area contributed by atoms with Crippen LogP contribution in [-0.2, 0) is 0 Å². The van der Waals surface area contributed by atoms with Gasteiger partial charge in [-0.1, -0.05) is 25.7 Å². The molecule has 2 aliphatic carbocycles. The number of rotatable bonds is 0. The summed E-state index contributed by atoms with van der Waals surface area (Å²) < 4.78 is 0. The van der Waals surface area contributed by atoms with Crippen molar-refractivity contribution in [1.82, 2.24) is 10.6 Å². The first-order valence-corrected chi connectivity index (χ1v) is 6.71. The van der Waals surface area contributed by atoms with Crippen LogP contribution in [0.1, 0.15) is 52.4 Å². The van der Waals surface area contributed by atoms with Crippen molar-refractivity contribution in [2.24, 2.45) is 11.8 Å². The second kappa shape index (κ2) is 3.46. The van der Waals surface area contributed by atoms with Crippen LogP contribution < -0.4 is 10.6 Å². The maximum atomic E-state index is 3.81. The van der Waals surface area contributed by atoms with Gasteiger partial charge in [-0.2, -0.15) is 0 Å². The molecular weight excluding hydrogens is 184 g/mol. The van der Waals surface area contributed by atoms with Crippen molar-refractivity contribution >= 4 is 0 Å². The Balaban J connectivity index is 1.84. The minimum absolute atomic E-state index is 0.158. The molecule has 1 heterocycles. The molecule has 0 amide bonds. The van der Waals surface area contributed by atoms with Crippen LogP contribution in [0.15, 0.2) is 0 Å². The molecule has 2 N–H and O–H groups in total. The predicted octanol–water partition coefficient (Wildman–Crippen LogP) is 2.25. The highest BCUT2D eigenvalue weighted by Gasteiger charge is 2.46. The van der Waals surface area contributed by atoms with Crippen LogP contribution in [0.25, 0.3) is 0 Å². The molecular formula is C13H24N2. The van der Waals surface area contributed by atoms with Gasteiger partial charge in [-0.3, -0.25) is 10.6 Å². The fraction of sp³-hybridized carbons (Fsp3) is 1.00. The summed E-state index contributed by atoms with van der Waals surface area (Å²) in [6.45, 7) is 4.59. The molecule has 0 aromatic rings. The van der Waals surface area contributed by atoms with Gasteiger partial charge >= 0.3 is 0 Å². The van der Waals surface area contributed by atoms with Gasteiger partial charge in [0.25, 0.3) is 0 Å². The minimum Gasteiger partial charge on any atom is -0.297 e. The lowest BCUT2D eigenvalue weighted by Crippen LogP contribution is -2.71. The van der Waals surface area contributed by atoms with Gasteiger partial charge in [0.15, 0.2) is 0 Å². The molecule has 86 valence electrons. The highest BCUT2D eigenvalue weighted by atomic mass is 15.2. The van der Waals surface area contributed by atoms with Crippen molar-refractivity contribution in [3.63, 3.8) is 0 Å². The highest BCUT2D eigenvalue weighted by molar-refractivity contribution is 5.03. The summed E-state index contributed by atoms with van der Waals surface area (Å²) in [7, 11) is 0. The zero-order chi connectivity index (χ0) is 10.5. The van der Waals surface area contributed by atoms with E-state index in [0.717, 1.165) is 23.9 Å². The summed E-state index contributed by atoms with van der Waals surface area (Å²) >= 11 is 0. The molecule has 2 unspecified atom stereocenters. The standard InChI is InChI=1S/C13H24N2/c1-13(2)14-10-7-3-5-9-6-4-8-11(15-13)12(9)10/h9-12,14-15H,3-8H2,1-2H3. The first-order valence-electron chi connectivity index (χ1n) is 6.71. The largest absolute Gasteiger partial charge is 0.297 e. The van der Waals surface area contributed by atoms with Crippen LogP contribution in [-0.4, -0.2) is 17.7 Å². The average molecular weight is 208 g/mol. The second-order valence-electron chi connectivity index (χ2n) is 6.33. The summed E-state index contributed by atoms with van der Waals surface area (Å²) in [6.07, 6.45) is 8.68. The van der Waals surface area contributed by atoms with Crippen molar-refractivity contribution in [3.05, 3.63) is 0 Å². The van der Waals surface area contributed by atoms with Crippen LogP contribution in [0.2, 0.25) is 0 Å². The lowest BCUT2D eigenvalue weighted by molar-refractivity contribution is 0.0117. The van der Waals surface area contributed by atoms with Crippen molar-refractivity contribution in [2.45, 2.75) is 70.1 Å². The minimum atomic E-state index is 0.158. The van der Waals surface area contributed by atoms with E-state index in [4.69, 9.17) is 0 Å². The lowest BCUT2D eigenvalue weighted by Gasteiger charge is -2.55. The maximum Gasteiger partial charge on any atom is 0.0633 e. The van der Waals surface area contributed by atoms with Gasteiger partial charge in [0.2, 0.25) is 0 Å². The number of nitrogens with one attached hydrogen (secondary N) is 2. The van der Waals surface area contributed by atoms with Crippen LogP contribution >= 0.6 is 0 Å². The molecule has 2 saturated carbocycles. The summed E-state index contributed by atoms with van der Waals surface area (Å²) in [5.74, 6) is 1.94. The Labute approximate surface area is 93.2 Å². The molecule has 2 atom stereocenters. The van der Waals surface area contributed by atoms with E-state index in [-0.39, 0.29) is 5.66 Å². The van der Waals surface area contributed by atoms with E-state index in [9.17, 15) is 0 Å². The summed E-state index contributed by atoms with van der Waals surface area (Å²) in [5.41, 5.74) is 0.158. The molecule has 0 aromatic heterocycles. The molecule has 1 aliphatic heterocycles. The van der Waals surface area contributed by atoms with E-state index in [1.807, 2.05) is 0 Å². The fourth-order valence-electron chi connectivity index (χ4n) is 4.36. The first-order chi connectivity index (χ1) is 7.16. The van der Waals surface area contributed by atoms with Gasteiger partial charge < -0.3 is 0 Å². The van der Waals surface area contributed by atoms with Gasteiger partial charge in [0.1, 0.15) is 0 Å². The Hall–Kier alpha value is -0.0800. The summed E-state index contributed by atoms with van der Waals surface area (Å²) in [4.78, 5) is 0. The van der Waals surface area contributed by atoms with Gasteiger partial charge in [0, 0.05) is 12.1 Å². The fourth-order valence-corrected chi connectivity index (χ4v) is 4.36. The third kappa shape index (κ3) is 1.72. The first kappa shape index (κ1) is 10.1. The summed E-state index contributed by atoms with van der Waals surface area (Å²) in [6, 6.07) is 1.59. The Morgan fingerprint density at radius 1 is 0.867 bits per heavy atom. The van der Waals surface area contributed by atoms with E-state index < -0.39 is 0 Å². The highest BCUT2D eigenvalue weighted by Crippen LogP contribution is 2.43. The third-order valence-electron chi connectivity index (χ3n) is 4.75. The van der Waals surface area contributed by atoms with E-state index >= 15 is 0 Å². The lowest BCUT2D eigenvalue weighted by atomic mass is 9.64. The van der Waals surface area contributed by atoms with Crippen molar-refractivity contribution in [1.29, 1.82) is 0 Å². The van der Waals surface area contributed by atoms with Crippen LogP contribution in [0.3, 0.4) is 0 Å². The molecule has 0 aromatic carbocycles. The smallest absolute Gasteiger partial charge is 0.0633 e. The Morgan fingerprint density at radius 3 is 1.93 bits per heavy atom.